The fourth-order valence-electron chi connectivity index (χ4n) is 3.80. The van der Waals surface area contributed by atoms with E-state index >= 15 is 0 Å². The SMILES string of the molecule is Nc1c(C(=O)NCc2cccnc2)cc2c(=O)n3ccccc3nc2[n+]1Cc1ccc(Cl)cc1. The normalized spacial score (nSPS) is 11.1. The van der Waals surface area contributed by atoms with Crippen molar-refractivity contribution < 1.29 is 9.36 Å². The van der Waals surface area contributed by atoms with Crippen LogP contribution in [0.2, 0.25) is 5.02 Å². The first-order chi connectivity index (χ1) is 16.5. The summed E-state index contributed by atoms with van der Waals surface area (Å²) in [7, 11) is 0. The van der Waals surface area contributed by atoms with Crippen LogP contribution in [0.4, 0.5) is 5.82 Å². The highest BCUT2D eigenvalue weighted by molar-refractivity contribution is 6.30. The molecule has 0 fully saturated rings. The molecule has 0 atom stereocenters. The molecule has 0 aliphatic heterocycles. The maximum atomic E-state index is 13.3. The molecule has 0 saturated heterocycles. The van der Waals surface area contributed by atoms with Gasteiger partial charge in [0.05, 0.1) is 6.54 Å². The van der Waals surface area contributed by atoms with E-state index in [-0.39, 0.29) is 23.5 Å². The molecule has 5 aromatic rings. The van der Waals surface area contributed by atoms with Gasteiger partial charge in [0.2, 0.25) is 11.5 Å². The highest BCUT2D eigenvalue weighted by atomic mass is 35.5. The number of nitrogens with zero attached hydrogens (tertiary/aromatic N) is 4. The third-order valence-corrected chi connectivity index (χ3v) is 5.79. The van der Waals surface area contributed by atoms with Gasteiger partial charge in [0.15, 0.2) is 0 Å². The van der Waals surface area contributed by atoms with E-state index in [1.807, 2.05) is 18.2 Å². The molecule has 9 heteroatoms. The maximum absolute atomic E-state index is 13.3. The van der Waals surface area contributed by atoms with Gasteiger partial charge in [-0.3, -0.25) is 19.0 Å². The summed E-state index contributed by atoms with van der Waals surface area (Å²) in [6, 6.07) is 17.8. The standard InChI is InChI=1S/C25H19ClN6O2/c26-18-8-6-16(7-9-18)15-32-22(27)19(24(33)29-14-17-4-3-10-28-13-17)12-20-23(32)30-21-5-1-2-11-31(21)25(20)34/h1-13,27H,14-15H2,(H,29,33)/p+1. The molecule has 0 radical (unpaired) electrons. The zero-order chi connectivity index (χ0) is 23.7. The third kappa shape index (κ3) is 4.06. The smallest absolute Gasteiger partial charge is 0.278 e. The average molecular weight is 472 g/mol. The van der Waals surface area contributed by atoms with Crippen LogP contribution in [0.5, 0.6) is 0 Å². The Labute approximate surface area is 199 Å². The van der Waals surface area contributed by atoms with Gasteiger partial charge in [-0.2, -0.15) is 0 Å². The second-order valence-electron chi connectivity index (χ2n) is 7.78. The van der Waals surface area contributed by atoms with Gasteiger partial charge in [-0.1, -0.05) is 40.9 Å². The Morgan fingerprint density at radius 3 is 2.68 bits per heavy atom. The van der Waals surface area contributed by atoms with Crippen LogP contribution in [0.25, 0.3) is 16.7 Å². The first-order valence-corrected chi connectivity index (χ1v) is 10.9. The summed E-state index contributed by atoms with van der Waals surface area (Å²) in [6.45, 7) is 0.578. The van der Waals surface area contributed by atoms with Crippen molar-refractivity contribution in [2.75, 3.05) is 5.73 Å². The lowest BCUT2D eigenvalue weighted by atomic mass is 10.1. The molecule has 34 heavy (non-hydrogen) atoms. The zero-order valence-corrected chi connectivity index (χ0v) is 18.7. The van der Waals surface area contributed by atoms with Crippen LogP contribution in [0.1, 0.15) is 21.5 Å². The number of amides is 1. The molecule has 4 aromatic heterocycles. The minimum atomic E-state index is -0.398. The van der Waals surface area contributed by atoms with Crippen molar-refractivity contribution in [3.05, 3.63) is 111 Å². The largest absolute Gasteiger partial charge is 0.348 e. The summed E-state index contributed by atoms with van der Waals surface area (Å²) >= 11 is 6.03. The Bertz CT molecular complexity index is 1580. The first kappa shape index (κ1) is 21.5. The summed E-state index contributed by atoms with van der Waals surface area (Å²) in [4.78, 5) is 35.2. The van der Waals surface area contributed by atoms with E-state index in [1.165, 1.54) is 10.5 Å². The van der Waals surface area contributed by atoms with E-state index in [9.17, 15) is 9.59 Å². The molecule has 3 N–H and O–H groups in total. The topological polar surface area (TPSA) is 106 Å². The van der Waals surface area contributed by atoms with E-state index in [1.54, 1.807) is 59.6 Å². The Balaban J connectivity index is 1.66. The molecule has 0 spiro atoms. The quantitative estimate of drug-likeness (QED) is 0.303. The van der Waals surface area contributed by atoms with Crippen LogP contribution in [0.15, 0.2) is 84.0 Å². The molecule has 5 rings (SSSR count). The zero-order valence-electron chi connectivity index (χ0n) is 18.0. The molecule has 8 nitrogen and oxygen atoms in total. The Kier molecular flexibility index (Phi) is 5.65. The molecule has 0 aliphatic rings. The molecule has 1 aromatic carbocycles. The molecule has 1 amide bonds. The van der Waals surface area contributed by atoms with Crippen molar-refractivity contribution in [3.8, 4) is 0 Å². The molecular formula is C25H20ClN6O2+. The van der Waals surface area contributed by atoms with Crippen molar-refractivity contribution >= 4 is 40.0 Å². The number of pyridine rings is 3. The van der Waals surface area contributed by atoms with E-state index in [0.717, 1.165) is 11.1 Å². The van der Waals surface area contributed by atoms with Gasteiger partial charge in [-0.25, -0.2) is 4.57 Å². The Morgan fingerprint density at radius 2 is 1.91 bits per heavy atom. The van der Waals surface area contributed by atoms with Gasteiger partial charge in [0.1, 0.15) is 10.9 Å². The molecule has 0 saturated carbocycles. The number of fused-ring (bicyclic) bond motifs is 2. The number of carbonyl (C=O) groups is 1. The molecular weight excluding hydrogens is 452 g/mol. The fourth-order valence-corrected chi connectivity index (χ4v) is 3.92. The van der Waals surface area contributed by atoms with Gasteiger partial charge >= 0.3 is 0 Å². The average Bonchev–Trinajstić information content (AvgIpc) is 2.86. The lowest BCUT2D eigenvalue weighted by Crippen LogP contribution is -2.43. The van der Waals surface area contributed by atoms with Crippen LogP contribution in [-0.2, 0) is 13.1 Å². The van der Waals surface area contributed by atoms with Crippen LogP contribution in [0, 0.1) is 0 Å². The fraction of sp³-hybridized carbons (Fsp3) is 0.0800. The number of hydrogen-bond acceptors (Lipinski definition) is 5. The van der Waals surface area contributed by atoms with E-state index < -0.39 is 5.91 Å². The summed E-state index contributed by atoms with van der Waals surface area (Å²) in [6.07, 6.45) is 4.98. The van der Waals surface area contributed by atoms with Gasteiger partial charge in [0.25, 0.3) is 17.1 Å². The number of carbonyl (C=O) groups excluding carboxylic acids is 1. The predicted molar refractivity (Wildman–Crippen MR) is 130 cm³/mol. The predicted octanol–water partition coefficient (Wildman–Crippen LogP) is 2.74. The van der Waals surface area contributed by atoms with Crippen molar-refractivity contribution in [2.45, 2.75) is 13.1 Å². The molecule has 0 aliphatic carbocycles. The lowest BCUT2D eigenvalue weighted by Gasteiger charge is -2.13. The monoisotopic (exact) mass is 471 g/mol. The summed E-state index contributed by atoms with van der Waals surface area (Å²) < 4.78 is 3.13. The Morgan fingerprint density at radius 1 is 1.09 bits per heavy atom. The van der Waals surface area contributed by atoms with Crippen LogP contribution >= 0.6 is 11.6 Å². The first-order valence-electron chi connectivity index (χ1n) is 10.6. The number of anilines is 1. The van der Waals surface area contributed by atoms with E-state index in [0.29, 0.717) is 28.2 Å². The highest BCUT2D eigenvalue weighted by Crippen LogP contribution is 2.17. The molecule has 0 unspecified atom stereocenters. The second-order valence-corrected chi connectivity index (χ2v) is 8.22. The lowest BCUT2D eigenvalue weighted by molar-refractivity contribution is -0.649. The number of aromatic nitrogens is 4. The van der Waals surface area contributed by atoms with Gasteiger partial charge in [0, 0.05) is 30.2 Å². The second kappa shape index (κ2) is 8.92. The van der Waals surface area contributed by atoms with E-state index in [2.05, 4.69) is 15.3 Å². The molecule has 168 valence electrons. The number of nitrogens with one attached hydrogen (secondary N) is 1. The number of benzene rings is 1. The maximum Gasteiger partial charge on any atom is 0.278 e. The van der Waals surface area contributed by atoms with E-state index in [4.69, 9.17) is 17.3 Å². The number of hydrogen-bond donors (Lipinski definition) is 2. The summed E-state index contributed by atoms with van der Waals surface area (Å²) in [5, 5.41) is 3.76. The third-order valence-electron chi connectivity index (χ3n) is 5.53. The minimum absolute atomic E-state index is 0.195. The van der Waals surface area contributed by atoms with Crippen LogP contribution in [0.3, 0.4) is 0 Å². The van der Waals surface area contributed by atoms with Gasteiger partial charge in [-0.05, 0) is 47.5 Å². The Hall–Kier alpha value is -4.30. The number of nitrogens with two attached hydrogens (primary N) is 1. The molecule has 0 bridgehead atoms. The number of nitrogen functional groups attached to an aromatic ring is 1. The van der Waals surface area contributed by atoms with Crippen molar-refractivity contribution in [3.63, 3.8) is 0 Å². The highest BCUT2D eigenvalue weighted by Gasteiger charge is 2.24. The van der Waals surface area contributed by atoms with Crippen LogP contribution < -0.4 is 21.2 Å². The number of halogens is 1. The van der Waals surface area contributed by atoms with Crippen LogP contribution in [-0.4, -0.2) is 20.3 Å². The van der Waals surface area contributed by atoms with Gasteiger partial charge in [-0.15, -0.1) is 0 Å². The minimum Gasteiger partial charge on any atom is -0.348 e. The van der Waals surface area contributed by atoms with Crippen molar-refractivity contribution in [1.82, 2.24) is 19.7 Å². The summed E-state index contributed by atoms with van der Waals surface area (Å²) in [5.74, 6) is -0.191. The summed E-state index contributed by atoms with van der Waals surface area (Å²) in [5.41, 5.74) is 9.03. The van der Waals surface area contributed by atoms with Gasteiger partial charge < -0.3 is 11.1 Å². The number of rotatable bonds is 5. The molecule has 4 heterocycles. The van der Waals surface area contributed by atoms with Crippen molar-refractivity contribution in [2.24, 2.45) is 0 Å². The van der Waals surface area contributed by atoms with Crippen molar-refractivity contribution in [1.29, 1.82) is 0 Å².